The molecule has 0 heterocycles. The van der Waals surface area contributed by atoms with Crippen LogP contribution in [0.25, 0.3) is 0 Å². The maximum absolute atomic E-state index is 12.8. The number of methoxy groups -OCH3 is 1. The Bertz CT molecular complexity index is 733. The molecule has 6 heteroatoms. The second-order valence-corrected chi connectivity index (χ2v) is 6.59. The summed E-state index contributed by atoms with van der Waals surface area (Å²) in [5, 5.41) is 3.07. The summed E-state index contributed by atoms with van der Waals surface area (Å²) in [6.07, 6.45) is -0.398. The maximum Gasteiger partial charge on any atom is 0.239 e. The number of amides is 1. The first-order valence-corrected chi connectivity index (χ1v) is 10.0. The minimum atomic E-state index is -0.398. The number of carbonyl (C=O) groups excluding carboxylic acids is 1. The first kappa shape index (κ1) is 22.7. The van der Waals surface area contributed by atoms with E-state index in [1.807, 2.05) is 80.3 Å². The largest absolute Gasteiger partial charge is 0.496 e. The van der Waals surface area contributed by atoms with Crippen molar-refractivity contribution >= 4 is 11.6 Å². The first-order chi connectivity index (χ1) is 14.1. The topological polar surface area (TPSA) is 60.0 Å². The summed E-state index contributed by atoms with van der Waals surface area (Å²) in [5.41, 5.74) is 1.88. The maximum atomic E-state index is 12.8. The van der Waals surface area contributed by atoms with Gasteiger partial charge in [0.1, 0.15) is 5.75 Å². The molecule has 0 saturated carbocycles. The fourth-order valence-corrected chi connectivity index (χ4v) is 3.17. The lowest BCUT2D eigenvalue weighted by atomic mass is 10.1. The van der Waals surface area contributed by atoms with E-state index in [9.17, 15) is 4.79 Å². The molecule has 0 unspecified atom stereocenters. The van der Waals surface area contributed by atoms with E-state index in [2.05, 4.69) is 5.32 Å². The Balaban J connectivity index is 2.10. The summed E-state index contributed by atoms with van der Waals surface area (Å²) in [4.78, 5) is 14.8. The second kappa shape index (κ2) is 12.1. The molecule has 0 bridgehead atoms. The fraction of sp³-hybridized carbons (Fsp3) is 0.435. The molecule has 0 spiro atoms. The Labute approximate surface area is 173 Å². The monoisotopic (exact) mass is 400 g/mol. The third-order valence-electron chi connectivity index (χ3n) is 4.51. The van der Waals surface area contributed by atoms with Crippen LogP contribution in [0.3, 0.4) is 0 Å². The Morgan fingerprint density at radius 3 is 2.24 bits per heavy atom. The normalized spacial score (nSPS) is 11.9. The first-order valence-electron chi connectivity index (χ1n) is 10.0. The van der Waals surface area contributed by atoms with Gasteiger partial charge < -0.3 is 24.4 Å². The van der Waals surface area contributed by atoms with Crippen molar-refractivity contribution in [3.05, 3.63) is 60.2 Å². The quantitative estimate of drug-likeness (QED) is 0.550. The summed E-state index contributed by atoms with van der Waals surface area (Å²) in [5.74, 6) is 0.673. The van der Waals surface area contributed by atoms with Crippen LogP contribution >= 0.6 is 0 Å². The molecule has 0 aliphatic carbocycles. The van der Waals surface area contributed by atoms with E-state index in [4.69, 9.17) is 14.2 Å². The van der Waals surface area contributed by atoms with Gasteiger partial charge in [0, 0.05) is 24.5 Å². The number of para-hydroxylation sites is 2. The minimum absolute atomic E-state index is 0.0843. The summed E-state index contributed by atoms with van der Waals surface area (Å²) < 4.78 is 16.8. The Morgan fingerprint density at radius 2 is 1.62 bits per heavy atom. The average Bonchev–Trinajstić information content (AvgIpc) is 2.74. The molecule has 0 radical (unpaired) electrons. The smallest absolute Gasteiger partial charge is 0.239 e. The highest BCUT2D eigenvalue weighted by atomic mass is 16.7. The number of rotatable bonds is 12. The van der Waals surface area contributed by atoms with Crippen molar-refractivity contribution in [1.29, 1.82) is 0 Å². The molecule has 6 nitrogen and oxygen atoms in total. The molecule has 2 rings (SSSR count). The molecule has 2 aromatic carbocycles. The molecule has 0 fully saturated rings. The Hall–Kier alpha value is -2.57. The predicted octanol–water partition coefficient (Wildman–Crippen LogP) is 3.78. The summed E-state index contributed by atoms with van der Waals surface area (Å²) in [6, 6.07) is 17.3. The van der Waals surface area contributed by atoms with Crippen LogP contribution in [0.1, 0.15) is 32.4 Å². The molecular weight excluding hydrogens is 368 g/mol. The lowest BCUT2D eigenvalue weighted by Crippen LogP contribution is -2.43. The molecule has 158 valence electrons. The summed E-state index contributed by atoms with van der Waals surface area (Å²) in [7, 11) is 1.63. The van der Waals surface area contributed by atoms with E-state index in [0.29, 0.717) is 19.8 Å². The molecule has 0 aliphatic heterocycles. The van der Waals surface area contributed by atoms with E-state index in [-0.39, 0.29) is 18.5 Å². The van der Waals surface area contributed by atoms with Gasteiger partial charge in [-0.25, -0.2) is 0 Å². The number of hydrogen-bond acceptors (Lipinski definition) is 5. The van der Waals surface area contributed by atoms with Gasteiger partial charge in [0.05, 0.1) is 26.2 Å². The van der Waals surface area contributed by atoms with Crippen molar-refractivity contribution in [2.24, 2.45) is 0 Å². The molecule has 0 saturated heterocycles. The summed E-state index contributed by atoms with van der Waals surface area (Å²) in [6.45, 7) is 7.56. The van der Waals surface area contributed by atoms with Crippen molar-refractivity contribution in [1.82, 2.24) is 5.32 Å². The average molecular weight is 401 g/mol. The number of carbonyl (C=O) groups is 1. The fourth-order valence-electron chi connectivity index (χ4n) is 3.17. The van der Waals surface area contributed by atoms with Crippen molar-refractivity contribution in [3.8, 4) is 5.75 Å². The molecule has 0 aliphatic rings. The highest BCUT2D eigenvalue weighted by molar-refractivity contribution is 5.81. The van der Waals surface area contributed by atoms with Crippen molar-refractivity contribution in [2.75, 3.05) is 38.3 Å². The Morgan fingerprint density at radius 1 is 1.00 bits per heavy atom. The highest BCUT2D eigenvalue weighted by Crippen LogP contribution is 2.24. The van der Waals surface area contributed by atoms with Gasteiger partial charge in [0.15, 0.2) is 6.29 Å². The van der Waals surface area contributed by atoms with Crippen molar-refractivity contribution in [2.45, 2.75) is 33.1 Å². The standard InChI is InChI=1S/C23H32N2O4/c1-5-28-23(29-6-2)17-25(19-12-8-7-9-13-19)16-22(26)24-18(3)20-14-10-11-15-21(20)27-4/h7-15,18,23H,5-6,16-17H2,1-4H3,(H,24,26)/t18-/m0/s1. The number of ether oxygens (including phenoxy) is 3. The van der Waals surface area contributed by atoms with Crippen LogP contribution in [0, 0.1) is 0 Å². The van der Waals surface area contributed by atoms with Crippen LogP contribution in [-0.2, 0) is 14.3 Å². The van der Waals surface area contributed by atoms with E-state index in [1.165, 1.54) is 0 Å². The van der Waals surface area contributed by atoms with E-state index in [0.717, 1.165) is 17.0 Å². The van der Waals surface area contributed by atoms with Crippen LogP contribution in [0.5, 0.6) is 5.75 Å². The number of anilines is 1. The summed E-state index contributed by atoms with van der Waals surface area (Å²) >= 11 is 0. The molecule has 1 atom stereocenters. The number of benzene rings is 2. The molecule has 29 heavy (non-hydrogen) atoms. The highest BCUT2D eigenvalue weighted by Gasteiger charge is 2.20. The third kappa shape index (κ3) is 7.07. The number of nitrogens with one attached hydrogen (secondary N) is 1. The zero-order valence-corrected chi connectivity index (χ0v) is 17.8. The van der Waals surface area contributed by atoms with Gasteiger partial charge in [-0.1, -0.05) is 36.4 Å². The Kier molecular flexibility index (Phi) is 9.47. The van der Waals surface area contributed by atoms with Crippen LogP contribution in [0.4, 0.5) is 5.69 Å². The van der Waals surface area contributed by atoms with Crippen LogP contribution < -0.4 is 15.0 Å². The number of nitrogens with zero attached hydrogens (tertiary/aromatic N) is 1. The van der Waals surface area contributed by atoms with Gasteiger partial charge >= 0.3 is 0 Å². The van der Waals surface area contributed by atoms with Gasteiger partial charge in [-0.15, -0.1) is 0 Å². The second-order valence-electron chi connectivity index (χ2n) is 6.59. The van der Waals surface area contributed by atoms with Crippen LogP contribution in [0.15, 0.2) is 54.6 Å². The molecule has 1 N–H and O–H groups in total. The van der Waals surface area contributed by atoms with Gasteiger partial charge in [-0.2, -0.15) is 0 Å². The molecular formula is C23H32N2O4. The zero-order valence-electron chi connectivity index (χ0n) is 17.8. The lowest BCUT2D eigenvalue weighted by molar-refractivity contribution is -0.130. The van der Waals surface area contributed by atoms with E-state index >= 15 is 0 Å². The SMILES string of the molecule is CCOC(CN(CC(=O)N[C@@H](C)c1ccccc1OC)c1ccccc1)OCC. The van der Waals surface area contributed by atoms with E-state index < -0.39 is 6.29 Å². The molecule has 1 amide bonds. The van der Waals surface area contributed by atoms with Gasteiger partial charge in [0.2, 0.25) is 5.91 Å². The lowest BCUT2D eigenvalue weighted by Gasteiger charge is -2.29. The van der Waals surface area contributed by atoms with Crippen LogP contribution in [-0.4, -0.2) is 45.6 Å². The molecule has 0 aromatic heterocycles. The predicted molar refractivity (Wildman–Crippen MR) is 115 cm³/mol. The van der Waals surface area contributed by atoms with Crippen molar-refractivity contribution in [3.63, 3.8) is 0 Å². The third-order valence-corrected chi connectivity index (χ3v) is 4.51. The van der Waals surface area contributed by atoms with Crippen LogP contribution in [0.2, 0.25) is 0 Å². The zero-order chi connectivity index (χ0) is 21.1. The van der Waals surface area contributed by atoms with Gasteiger partial charge in [-0.3, -0.25) is 4.79 Å². The van der Waals surface area contributed by atoms with Gasteiger partial charge in [-0.05, 0) is 39.0 Å². The minimum Gasteiger partial charge on any atom is -0.496 e. The number of hydrogen-bond donors (Lipinski definition) is 1. The van der Waals surface area contributed by atoms with E-state index in [1.54, 1.807) is 7.11 Å². The molecule has 2 aromatic rings. The van der Waals surface area contributed by atoms with Gasteiger partial charge in [0.25, 0.3) is 0 Å². The van der Waals surface area contributed by atoms with Crippen molar-refractivity contribution < 1.29 is 19.0 Å².